The molecule has 2 aliphatic rings. The zero-order chi connectivity index (χ0) is 13.1. The Morgan fingerprint density at radius 2 is 2.16 bits per heavy atom. The number of fused-ring (bicyclic) bond motifs is 1. The van der Waals surface area contributed by atoms with Gasteiger partial charge in [0.2, 0.25) is 0 Å². The number of benzene rings is 1. The van der Waals surface area contributed by atoms with Crippen LogP contribution in [0.1, 0.15) is 49.3 Å². The molecule has 0 saturated carbocycles. The summed E-state index contributed by atoms with van der Waals surface area (Å²) in [5, 5.41) is 13.3. The molecule has 0 bridgehead atoms. The summed E-state index contributed by atoms with van der Waals surface area (Å²) in [5.74, 6) is 1.20. The maximum atomic E-state index is 9.58. The van der Waals surface area contributed by atoms with Crippen molar-refractivity contribution in [3.8, 4) is 5.75 Å². The van der Waals surface area contributed by atoms with Crippen molar-refractivity contribution in [2.45, 2.75) is 44.6 Å². The van der Waals surface area contributed by atoms with Gasteiger partial charge in [0.25, 0.3) is 0 Å². The topological polar surface area (TPSA) is 32.3 Å². The second kappa shape index (κ2) is 5.79. The third kappa shape index (κ3) is 3.01. The van der Waals surface area contributed by atoms with Gasteiger partial charge in [-0.05, 0) is 74.2 Å². The standard InChI is InChI=1S/C17H23NO/c19-15-9-10-16-14(11-15)7-4-8-17(16)18-12-13-5-2-1-3-6-13/h1-2,9-11,13,17-19H,3-8,12H2. The fourth-order valence-corrected chi connectivity index (χ4v) is 3.36. The summed E-state index contributed by atoms with van der Waals surface area (Å²) >= 11 is 0. The van der Waals surface area contributed by atoms with Crippen LogP contribution in [0.15, 0.2) is 30.4 Å². The summed E-state index contributed by atoms with van der Waals surface area (Å²) in [5.41, 5.74) is 2.72. The molecule has 2 heteroatoms. The fraction of sp³-hybridized carbons (Fsp3) is 0.529. The van der Waals surface area contributed by atoms with Crippen molar-refractivity contribution < 1.29 is 5.11 Å². The summed E-state index contributed by atoms with van der Waals surface area (Å²) < 4.78 is 0. The van der Waals surface area contributed by atoms with Crippen LogP contribution >= 0.6 is 0 Å². The van der Waals surface area contributed by atoms with E-state index >= 15 is 0 Å². The van der Waals surface area contributed by atoms with Gasteiger partial charge in [0, 0.05) is 6.04 Å². The lowest BCUT2D eigenvalue weighted by Crippen LogP contribution is -2.30. The van der Waals surface area contributed by atoms with Gasteiger partial charge in [-0.15, -0.1) is 0 Å². The van der Waals surface area contributed by atoms with E-state index in [9.17, 15) is 5.11 Å². The van der Waals surface area contributed by atoms with Gasteiger partial charge in [-0.2, -0.15) is 0 Å². The molecule has 0 fully saturated rings. The highest BCUT2D eigenvalue weighted by atomic mass is 16.3. The summed E-state index contributed by atoms with van der Waals surface area (Å²) in [6.45, 7) is 1.12. The summed E-state index contributed by atoms with van der Waals surface area (Å²) in [4.78, 5) is 0. The molecule has 2 unspecified atom stereocenters. The lowest BCUT2D eigenvalue weighted by molar-refractivity contribution is 0.381. The van der Waals surface area contributed by atoms with Crippen molar-refractivity contribution in [2.24, 2.45) is 5.92 Å². The number of rotatable bonds is 3. The third-order valence-electron chi connectivity index (χ3n) is 4.47. The van der Waals surface area contributed by atoms with Gasteiger partial charge in [-0.3, -0.25) is 0 Å². The second-order valence-electron chi connectivity index (χ2n) is 5.89. The highest BCUT2D eigenvalue weighted by Crippen LogP contribution is 2.32. The third-order valence-corrected chi connectivity index (χ3v) is 4.47. The minimum atomic E-state index is 0.400. The molecule has 2 N–H and O–H groups in total. The van der Waals surface area contributed by atoms with Crippen LogP contribution in [0.2, 0.25) is 0 Å². The lowest BCUT2D eigenvalue weighted by atomic mass is 9.86. The molecule has 1 aromatic rings. The predicted molar refractivity (Wildman–Crippen MR) is 78.3 cm³/mol. The number of hydrogen-bond acceptors (Lipinski definition) is 2. The largest absolute Gasteiger partial charge is 0.508 e. The second-order valence-corrected chi connectivity index (χ2v) is 5.89. The van der Waals surface area contributed by atoms with Crippen molar-refractivity contribution in [1.29, 1.82) is 0 Å². The van der Waals surface area contributed by atoms with Crippen molar-refractivity contribution in [3.63, 3.8) is 0 Å². The number of hydrogen-bond donors (Lipinski definition) is 2. The van der Waals surface area contributed by atoms with E-state index in [2.05, 4.69) is 23.5 Å². The molecule has 2 aliphatic carbocycles. The monoisotopic (exact) mass is 257 g/mol. The molecule has 0 saturated heterocycles. The first-order chi connectivity index (χ1) is 9.33. The first kappa shape index (κ1) is 12.7. The van der Waals surface area contributed by atoms with Crippen molar-refractivity contribution in [3.05, 3.63) is 41.5 Å². The van der Waals surface area contributed by atoms with Gasteiger partial charge in [0.1, 0.15) is 5.75 Å². The Morgan fingerprint density at radius 3 is 3.00 bits per heavy atom. The van der Waals surface area contributed by atoms with Crippen molar-refractivity contribution in [1.82, 2.24) is 5.32 Å². The van der Waals surface area contributed by atoms with Crippen molar-refractivity contribution >= 4 is 0 Å². The number of phenolic OH excluding ortho intramolecular Hbond substituents is 1. The van der Waals surface area contributed by atoms with Gasteiger partial charge < -0.3 is 10.4 Å². The Morgan fingerprint density at radius 1 is 1.21 bits per heavy atom. The van der Waals surface area contributed by atoms with E-state index in [0.717, 1.165) is 18.9 Å². The zero-order valence-corrected chi connectivity index (χ0v) is 11.4. The molecule has 0 spiro atoms. The maximum Gasteiger partial charge on any atom is 0.115 e. The molecular weight excluding hydrogens is 234 g/mol. The molecule has 0 aromatic heterocycles. The highest BCUT2D eigenvalue weighted by molar-refractivity contribution is 5.38. The van der Waals surface area contributed by atoms with Crippen LogP contribution in [-0.4, -0.2) is 11.7 Å². The Kier molecular flexibility index (Phi) is 3.88. The van der Waals surface area contributed by atoms with E-state index in [0.29, 0.717) is 11.8 Å². The first-order valence-corrected chi connectivity index (χ1v) is 7.53. The first-order valence-electron chi connectivity index (χ1n) is 7.53. The molecule has 102 valence electrons. The van der Waals surface area contributed by atoms with E-state index < -0.39 is 0 Å². The van der Waals surface area contributed by atoms with Gasteiger partial charge in [-0.1, -0.05) is 18.2 Å². The number of phenols is 1. The Hall–Kier alpha value is -1.28. The van der Waals surface area contributed by atoms with Gasteiger partial charge in [-0.25, -0.2) is 0 Å². The van der Waals surface area contributed by atoms with E-state index in [-0.39, 0.29) is 0 Å². The van der Waals surface area contributed by atoms with Gasteiger partial charge in [0.15, 0.2) is 0 Å². The van der Waals surface area contributed by atoms with Crippen LogP contribution in [-0.2, 0) is 6.42 Å². The molecule has 1 aromatic carbocycles. The molecule has 2 atom stereocenters. The molecule has 19 heavy (non-hydrogen) atoms. The Balaban J connectivity index is 1.64. The van der Waals surface area contributed by atoms with Crippen LogP contribution in [0.25, 0.3) is 0 Å². The Labute approximate surface area is 115 Å². The minimum Gasteiger partial charge on any atom is -0.508 e. The van der Waals surface area contributed by atoms with Crippen LogP contribution in [0.3, 0.4) is 0 Å². The van der Waals surface area contributed by atoms with Gasteiger partial charge in [0.05, 0.1) is 0 Å². The quantitative estimate of drug-likeness (QED) is 0.809. The zero-order valence-electron chi connectivity index (χ0n) is 11.4. The van der Waals surface area contributed by atoms with Crippen LogP contribution in [0.4, 0.5) is 0 Å². The molecule has 0 heterocycles. The smallest absolute Gasteiger partial charge is 0.115 e. The normalized spacial score (nSPS) is 26.1. The van der Waals surface area contributed by atoms with E-state index in [1.54, 1.807) is 0 Å². The minimum absolute atomic E-state index is 0.400. The van der Waals surface area contributed by atoms with E-state index in [4.69, 9.17) is 0 Å². The predicted octanol–water partition coefficient (Wildman–Crippen LogP) is 3.72. The molecule has 0 radical (unpaired) electrons. The average Bonchev–Trinajstić information content (AvgIpc) is 2.45. The molecule has 2 nitrogen and oxygen atoms in total. The molecule has 0 aliphatic heterocycles. The molecular formula is C17H23NO. The van der Waals surface area contributed by atoms with Crippen LogP contribution < -0.4 is 5.32 Å². The SMILES string of the molecule is Oc1ccc2c(c1)CCCC2NCC1CC=CCC1. The van der Waals surface area contributed by atoms with Gasteiger partial charge >= 0.3 is 0 Å². The lowest BCUT2D eigenvalue weighted by Gasteiger charge is -2.29. The number of nitrogens with one attached hydrogen (secondary N) is 1. The summed E-state index contributed by atoms with van der Waals surface area (Å²) in [6.07, 6.45) is 12.0. The average molecular weight is 257 g/mol. The summed E-state index contributed by atoms with van der Waals surface area (Å²) in [6, 6.07) is 6.34. The maximum absolute atomic E-state index is 9.58. The number of aromatic hydroxyl groups is 1. The van der Waals surface area contributed by atoms with Crippen LogP contribution in [0.5, 0.6) is 5.75 Å². The fourth-order valence-electron chi connectivity index (χ4n) is 3.36. The highest BCUT2D eigenvalue weighted by Gasteiger charge is 2.21. The summed E-state index contributed by atoms with van der Waals surface area (Å²) in [7, 11) is 0. The number of aryl methyl sites for hydroxylation is 1. The van der Waals surface area contributed by atoms with E-state index in [1.807, 2.05) is 12.1 Å². The van der Waals surface area contributed by atoms with Crippen LogP contribution in [0, 0.1) is 5.92 Å². The molecule has 3 rings (SSSR count). The van der Waals surface area contributed by atoms with E-state index in [1.165, 1.54) is 43.2 Å². The Bertz CT molecular complexity index is 466. The van der Waals surface area contributed by atoms with Crippen molar-refractivity contribution in [2.75, 3.05) is 6.54 Å². The molecule has 0 amide bonds. The number of allylic oxidation sites excluding steroid dienone is 2.